The van der Waals surface area contributed by atoms with Crippen molar-refractivity contribution in [2.24, 2.45) is 0 Å². The Morgan fingerprint density at radius 1 is 0.917 bits per heavy atom. The smallest absolute Gasteiger partial charge is 0.222 e. The van der Waals surface area contributed by atoms with Crippen LogP contribution in [0.3, 0.4) is 0 Å². The number of hydrogen-bond acceptors (Lipinski definition) is 3. The van der Waals surface area contributed by atoms with Crippen molar-refractivity contribution in [2.75, 3.05) is 33.2 Å². The molecule has 0 saturated carbocycles. The summed E-state index contributed by atoms with van der Waals surface area (Å²) in [7, 11) is 1.94. The molecule has 1 aliphatic rings. The summed E-state index contributed by atoms with van der Waals surface area (Å²) in [6.07, 6.45) is 3.85. The molecular weight excluding hydrogens is 444 g/mol. The van der Waals surface area contributed by atoms with Gasteiger partial charge in [-0.15, -0.1) is 0 Å². The second-order valence-electron chi connectivity index (χ2n) is 9.85. The van der Waals surface area contributed by atoms with E-state index in [4.69, 9.17) is 4.74 Å². The number of fused-ring (bicyclic) bond motifs is 1. The molecule has 1 amide bonds. The van der Waals surface area contributed by atoms with Crippen molar-refractivity contribution in [3.05, 3.63) is 89.5 Å². The Bertz CT molecular complexity index is 1110. The van der Waals surface area contributed by atoms with Gasteiger partial charge in [0.15, 0.2) is 0 Å². The Labute approximate surface area is 216 Å². The van der Waals surface area contributed by atoms with Gasteiger partial charge in [0.2, 0.25) is 5.91 Å². The van der Waals surface area contributed by atoms with Gasteiger partial charge in [0.25, 0.3) is 0 Å². The summed E-state index contributed by atoms with van der Waals surface area (Å²) in [5.74, 6) is 1.46. The molecule has 1 unspecified atom stereocenters. The minimum atomic E-state index is 0.249. The quantitative estimate of drug-likeness (QED) is 0.310. The highest BCUT2D eigenvalue weighted by Crippen LogP contribution is 2.36. The van der Waals surface area contributed by atoms with E-state index in [0.717, 1.165) is 56.8 Å². The van der Waals surface area contributed by atoms with Crippen molar-refractivity contribution in [2.45, 2.75) is 52.1 Å². The van der Waals surface area contributed by atoms with E-state index in [1.54, 1.807) is 0 Å². The van der Waals surface area contributed by atoms with Crippen molar-refractivity contribution in [3.63, 3.8) is 0 Å². The number of rotatable bonds is 11. The zero-order chi connectivity index (χ0) is 25.3. The van der Waals surface area contributed by atoms with Crippen molar-refractivity contribution >= 4 is 5.91 Å². The minimum absolute atomic E-state index is 0.249. The van der Waals surface area contributed by atoms with E-state index in [0.29, 0.717) is 18.9 Å². The largest absolute Gasteiger partial charge is 0.489 e. The summed E-state index contributed by atoms with van der Waals surface area (Å²) in [4.78, 5) is 17.2. The Balaban J connectivity index is 1.33. The summed E-state index contributed by atoms with van der Waals surface area (Å²) in [5, 5.41) is 0. The van der Waals surface area contributed by atoms with E-state index < -0.39 is 0 Å². The second-order valence-corrected chi connectivity index (χ2v) is 9.85. The summed E-state index contributed by atoms with van der Waals surface area (Å²) < 4.78 is 6.15. The fourth-order valence-corrected chi connectivity index (χ4v) is 5.11. The number of likely N-dealkylation sites (N-methyl/N-ethyl adjacent to an activating group) is 2. The Hall–Kier alpha value is -3.11. The van der Waals surface area contributed by atoms with Gasteiger partial charge >= 0.3 is 0 Å². The van der Waals surface area contributed by atoms with Crippen LogP contribution in [0.4, 0.5) is 0 Å². The number of amides is 1. The van der Waals surface area contributed by atoms with E-state index in [1.165, 1.54) is 22.3 Å². The molecule has 190 valence electrons. The number of hydrogen-bond donors (Lipinski definition) is 0. The standard InChI is InChI=1S/C32H40N2O2/c1-4-34(5-2)21-20-33(3)32(35)23-29-13-9-12-28-22-30(18-19-31(28)29)36-24-25-14-16-27(17-15-25)26-10-7-6-8-11-26/h6-8,10-11,14-19,22,29H,4-5,9,12-13,20-21,23-24H2,1-3H3. The molecule has 3 aromatic carbocycles. The van der Waals surface area contributed by atoms with E-state index in [2.05, 4.69) is 85.5 Å². The van der Waals surface area contributed by atoms with Crippen LogP contribution < -0.4 is 4.74 Å². The lowest BCUT2D eigenvalue weighted by Gasteiger charge is -2.28. The van der Waals surface area contributed by atoms with Gasteiger partial charge in [0.05, 0.1) is 0 Å². The molecule has 0 N–H and O–H groups in total. The van der Waals surface area contributed by atoms with E-state index >= 15 is 0 Å². The molecule has 1 aliphatic carbocycles. The predicted octanol–water partition coefficient (Wildman–Crippen LogP) is 6.54. The van der Waals surface area contributed by atoms with Gasteiger partial charge in [-0.05, 0) is 78.2 Å². The average molecular weight is 485 g/mol. The zero-order valence-electron chi connectivity index (χ0n) is 22.1. The van der Waals surface area contributed by atoms with Crippen molar-refractivity contribution in [1.29, 1.82) is 0 Å². The number of benzene rings is 3. The van der Waals surface area contributed by atoms with Gasteiger partial charge in [-0.3, -0.25) is 4.79 Å². The first-order valence-corrected chi connectivity index (χ1v) is 13.4. The SMILES string of the molecule is CCN(CC)CCN(C)C(=O)CC1CCCc2cc(OCc3ccc(-c4ccccc4)cc3)ccc21. The Morgan fingerprint density at radius 3 is 2.36 bits per heavy atom. The van der Waals surface area contributed by atoms with Gasteiger partial charge < -0.3 is 14.5 Å². The molecule has 0 spiro atoms. The highest BCUT2D eigenvalue weighted by atomic mass is 16.5. The van der Waals surface area contributed by atoms with Crippen LogP contribution in [0.25, 0.3) is 11.1 Å². The van der Waals surface area contributed by atoms with E-state index in [9.17, 15) is 4.79 Å². The number of ether oxygens (including phenoxy) is 1. The summed E-state index contributed by atoms with van der Waals surface area (Å²) in [5.41, 5.74) is 6.26. The van der Waals surface area contributed by atoms with Gasteiger partial charge in [0.1, 0.15) is 12.4 Å². The number of aryl methyl sites for hydroxylation is 1. The van der Waals surface area contributed by atoms with Crippen LogP contribution >= 0.6 is 0 Å². The molecule has 1 atom stereocenters. The first-order valence-electron chi connectivity index (χ1n) is 13.4. The molecule has 0 fully saturated rings. The maximum atomic E-state index is 12.9. The van der Waals surface area contributed by atoms with Crippen LogP contribution in [0, 0.1) is 0 Å². The van der Waals surface area contributed by atoms with Crippen LogP contribution in [0.2, 0.25) is 0 Å². The third-order valence-corrected chi connectivity index (χ3v) is 7.51. The molecular formula is C32H40N2O2. The number of carbonyl (C=O) groups excluding carboxylic acids is 1. The lowest BCUT2D eigenvalue weighted by Crippen LogP contribution is -2.36. The first kappa shape index (κ1) is 26.0. The van der Waals surface area contributed by atoms with Crippen LogP contribution in [0.1, 0.15) is 55.7 Å². The maximum Gasteiger partial charge on any atom is 0.222 e. The fraction of sp³-hybridized carbons (Fsp3) is 0.406. The molecule has 0 bridgehead atoms. The highest BCUT2D eigenvalue weighted by Gasteiger charge is 2.24. The molecule has 0 radical (unpaired) electrons. The average Bonchev–Trinajstić information content (AvgIpc) is 2.93. The maximum absolute atomic E-state index is 12.9. The molecule has 4 rings (SSSR count). The van der Waals surface area contributed by atoms with Crippen molar-refractivity contribution in [3.8, 4) is 16.9 Å². The molecule has 0 saturated heterocycles. The van der Waals surface area contributed by atoms with Crippen LogP contribution in [-0.4, -0.2) is 48.9 Å². The minimum Gasteiger partial charge on any atom is -0.489 e. The van der Waals surface area contributed by atoms with Gasteiger partial charge in [-0.25, -0.2) is 0 Å². The molecule has 3 aromatic rings. The third-order valence-electron chi connectivity index (χ3n) is 7.51. The zero-order valence-corrected chi connectivity index (χ0v) is 22.1. The summed E-state index contributed by atoms with van der Waals surface area (Å²) in [6.45, 7) is 8.67. The fourth-order valence-electron chi connectivity index (χ4n) is 5.11. The highest BCUT2D eigenvalue weighted by molar-refractivity contribution is 5.77. The monoisotopic (exact) mass is 484 g/mol. The van der Waals surface area contributed by atoms with Gasteiger partial charge in [-0.2, -0.15) is 0 Å². The van der Waals surface area contributed by atoms with Gasteiger partial charge in [0, 0.05) is 26.6 Å². The molecule has 0 heterocycles. The third kappa shape index (κ3) is 6.76. The normalized spacial score (nSPS) is 14.9. The number of nitrogens with zero attached hydrogens (tertiary/aromatic N) is 2. The topological polar surface area (TPSA) is 32.8 Å². The molecule has 0 aromatic heterocycles. The van der Waals surface area contributed by atoms with E-state index in [1.807, 2.05) is 18.0 Å². The predicted molar refractivity (Wildman–Crippen MR) is 148 cm³/mol. The van der Waals surface area contributed by atoms with Crippen molar-refractivity contribution in [1.82, 2.24) is 9.80 Å². The van der Waals surface area contributed by atoms with E-state index in [-0.39, 0.29) is 5.91 Å². The number of carbonyl (C=O) groups is 1. The van der Waals surface area contributed by atoms with Crippen molar-refractivity contribution < 1.29 is 9.53 Å². The summed E-state index contributed by atoms with van der Waals surface area (Å²) >= 11 is 0. The Kier molecular flexibility index (Phi) is 9.18. The van der Waals surface area contributed by atoms with Crippen LogP contribution in [0.5, 0.6) is 5.75 Å². The molecule has 0 aliphatic heterocycles. The second kappa shape index (κ2) is 12.7. The lowest BCUT2D eigenvalue weighted by atomic mass is 9.80. The summed E-state index contributed by atoms with van der Waals surface area (Å²) in [6, 6.07) is 25.5. The molecule has 4 heteroatoms. The van der Waals surface area contributed by atoms with Gasteiger partial charge in [-0.1, -0.05) is 74.5 Å². The molecule has 4 nitrogen and oxygen atoms in total. The first-order chi connectivity index (χ1) is 17.6. The van der Waals surface area contributed by atoms with Crippen LogP contribution in [-0.2, 0) is 17.8 Å². The van der Waals surface area contributed by atoms with Crippen LogP contribution in [0.15, 0.2) is 72.8 Å². The Morgan fingerprint density at radius 2 is 1.64 bits per heavy atom. The molecule has 36 heavy (non-hydrogen) atoms. The lowest BCUT2D eigenvalue weighted by molar-refractivity contribution is -0.130.